The van der Waals surface area contributed by atoms with Crippen molar-refractivity contribution < 1.29 is 21.1 Å². The van der Waals surface area contributed by atoms with Crippen molar-refractivity contribution in [3.63, 3.8) is 0 Å². The third-order valence-corrected chi connectivity index (χ3v) is 7.21. The molecule has 0 N–H and O–H groups in total. The number of nitrogens with zero attached hydrogens (tertiary/aromatic N) is 2. The average molecular weight is 640 g/mol. The van der Waals surface area contributed by atoms with Gasteiger partial charge in [0.1, 0.15) is 0 Å². The number of aromatic nitrogens is 2. The fourth-order valence-corrected chi connectivity index (χ4v) is 4.60. The van der Waals surface area contributed by atoms with Crippen LogP contribution >= 0.6 is 0 Å². The van der Waals surface area contributed by atoms with E-state index in [9.17, 15) is 0 Å². The Morgan fingerprint density at radius 1 is 0.629 bits per heavy atom. The van der Waals surface area contributed by atoms with Crippen molar-refractivity contribution in [2.75, 3.05) is 0 Å². The van der Waals surface area contributed by atoms with E-state index in [0.29, 0.717) is 0 Å². The normalized spacial score (nSPS) is 15.5. The van der Waals surface area contributed by atoms with Crippen molar-refractivity contribution in [3.8, 4) is 22.5 Å². The Labute approximate surface area is 224 Å². The third kappa shape index (κ3) is 4.54. The maximum atomic E-state index is 5.17. The zero-order valence-electron chi connectivity index (χ0n) is 21.6. The van der Waals surface area contributed by atoms with Gasteiger partial charge in [-0.25, -0.2) is 0 Å². The molecule has 180 valence electrons. The molecule has 1 aliphatic heterocycles. The van der Waals surface area contributed by atoms with Gasteiger partial charge in [0.05, 0.1) is 0 Å². The van der Waals surface area contributed by atoms with E-state index >= 15 is 0 Å². The fourth-order valence-electron chi connectivity index (χ4n) is 4.60. The summed E-state index contributed by atoms with van der Waals surface area (Å²) in [6.45, 7) is 15.7. The molecule has 3 heteroatoms. The van der Waals surface area contributed by atoms with Gasteiger partial charge in [-0.05, 0) is 28.9 Å². The molecule has 5 rings (SSSR count). The number of hydrogen-bond acceptors (Lipinski definition) is 2. The summed E-state index contributed by atoms with van der Waals surface area (Å²) in [7, 11) is 0. The molecular formula is C32H32N2Pt. The first-order valence-corrected chi connectivity index (χ1v) is 12.0. The molecule has 1 aliphatic rings. The molecule has 2 nitrogen and oxygen atoms in total. The SMILES string of the molecule is CC(C)(C)c1cc2[c-]c(c1)C(C)(C)c1cccc(n1)-c1[c-]c(ccc1)C(C)(C)c1cccc-2n1.[Pt+2]. The summed E-state index contributed by atoms with van der Waals surface area (Å²) >= 11 is 0. The largest absolute Gasteiger partial charge is 2.00 e. The van der Waals surface area contributed by atoms with Crippen LogP contribution in [0.15, 0.2) is 66.7 Å². The van der Waals surface area contributed by atoms with Crippen LogP contribution in [0.25, 0.3) is 22.5 Å². The number of rotatable bonds is 0. The molecule has 2 aromatic carbocycles. The van der Waals surface area contributed by atoms with Gasteiger partial charge in [0, 0.05) is 22.2 Å². The third-order valence-electron chi connectivity index (χ3n) is 7.21. The summed E-state index contributed by atoms with van der Waals surface area (Å²) in [5.74, 6) is 0. The van der Waals surface area contributed by atoms with Gasteiger partial charge in [-0.2, -0.15) is 0 Å². The van der Waals surface area contributed by atoms with Crippen molar-refractivity contribution in [2.45, 2.75) is 64.7 Å². The van der Waals surface area contributed by atoms with Gasteiger partial charge in [-0.15, -0.1) is 70.3 Å². The van der Waals surface area contributed by atoms with Gasteiger partial charge in [-0.3, -0.25) is 0 Å². The number of pyridine rings is 2. The fraction of sp³-hybridized carbons (Fsp3) is 0.312. The first kappa shape index (κ1) is 25.5. The molecular weight excluding hydrogens is 607 g/mol. The first-order valence-electron chi connectivity index (χ1n) is 12.0. The van der Waals surface area contributed by atoms with Crippen molar-refractivity contribution in [3.05, 3.63) is 107 Å². The summed E-state index contributed by atoms with van der Waals surface area (Å²) in [6, 6.07) is 30.9. The molecule has 0 aliphatic carbocycles. The van der Waals surface area contributed by atoms with Crippen LogP contribution in [0.2, 0.25) is 0 Å². The van der Waals surface area contributed by atoms with Crippen LogP contribution in [-0.2, 0) is 37.3 Å². The zero-order chi connectivity index (χ0) is 24.3. The minimum atomic E-state index is -0.329. The standard InChI is InChI=1S/C32H32N2.Pt/c1-30(2,3)24-18-22-19-25(20-24)32(6,7)29-16-9-13-26(33-29)21-11-8-12-23(17-21)31(4,5)28-15-10-14-27(22)34-28;/h8-16,18,20H,1-7H3;/q-2;+2. The molecule has 3 heterocycles. The minimum absolute atomic E-state index is 0. The van der Waals surface area contributed by atoms with Crippen molar-refractivity contribution in [1.29, 1.82) is 0 Å². The first-order chi connectivity index (χ1) is 16.0. The van der Waals surface area contributed by atoms with Gasteiger partial charge in [-0.1, -0.05) is 72.7 Å². The summed E-state index contributed by atoms with van der Waals surface area (Å²) in [6.07, 6.45) is 0. The second-order valence-electron chi connectivity index (χ2n) is 11.5. The molecule has 2 aromatic heterocycles. The number of benzene rings is 2. The average Bonchev–Trinajstić information content (AvgIpc) is 2.83. The summed E-state index contributed by atoms with van der Waals surface area (Å²) in [5.41, 5.74) is 8.83. The number of fused-ring (bicyclic) bond motifs is 10. The molecule has 0 spiro atoms. The molecule has 0 fully saturated rings. The van der Waals surface area contributed by atoms with E-state index in [-0.39, 0.29) is 37.3 Å². The Morgan fingerprint density at radius 2 is 1.14 bits per heavy atom. The van der Waals surface area contributed by atoms with E-state index in [0.717, 1.165) is 45.0 Å². The molecule has 8 bridgehead atoms. The van der Waals surface area contributed by atoms with Crippen LogP contribution in [0.3, 0.4) is 0 Å². The molecule has 0 atom stereocenters. The van der Waals surface area contributed by atoms with E-state index < -0.39 is 0 Å². The molecule has 35 heavy (non-hydrogen) atoms. The molecule has 0 saturated heterocycles. The summed E-state index contributed by atoms with van der Waals surface area (Å²) in [5, 5.41) is 0. The number of hydrogen-bond donors (Lipinski definition) is 0. The predicted octanol–water partition coefficient (Wildman–Crippen LogP) is 7.67. The van der Waals surface area contributed by atoms with E-state index in [2.05, 4.69) is 127 Å². The van der Waals surface area contributed by atoms with E-state index in [1.165, 1.54) is 5.56 Å². The summed E-state index contributed by atoms with van der Waals surface area (Å²) < 4.78 is 0. The Morgan fingerprint density at radius 3 is 1.74 bits per heavy atom. The van der Waals surface area contributed by atoms with Crippen LogP contribution in [-0.4, -0.2) is 9.97 Å². The van der Waals surface area contributed by atoms with E-state index in [1.54, 1.807) is 0 Å². The van der Waals surface area contributed by atoms with Crippen molar-refractivity contribution >= 4 is 0 Å². The Kier molecular flexibility index (Phi) is 6.43. The van der Waals surface area contributed by atoms with Gasteiger partial charge >= 0.3 is 21.1 Å². The van der Waals surface area contributed by atoms with Gasteiger partial charge in [0.15, 0.2) is 0 Å². The maximum absolute atomic E-state index is 5.17. The van der Waals surface area contributed by atoms with Crippen molar-refractivity contribution in [2.24, 2.45) is 0 Å². The Balaban J connectivity index is 0.00000289. The second kappa shape index (κ2) is 8.82. The van der Waals surface area contributed by atoms with Crippen LogP contribution in [0.4, 0.5) is 0 Å². The monoisotopic (exact) mass is 639 g/mol. The molecule has 0 radical (unpaired) electrons. The molecule has 0 saturated carbocycles. The second-order valence-corrected chi connectivity index (χ2v) is 11.5. The van der Waals surface area contributed by atoms with Gasteiger partial charge in [0.2, 0.25) is 0 Å². The van der Waals surface area contributed by atoms with Gasteiger partial charge < -0.3 is 9.97 Å². The maximum Gasteiger partial charge on any atom is 2.00 e. The van der Waals surface area contributed by atoms with Crippen LogP contribution < -0.4 is 0 Å². The topological polar surface area (TPSA) is 25.8 Å². The smallest absolute Gasteiger partial charge is 0.300 e. The minimum Gasteiger partial charge on any atom is -0.300 e. The van der Waals surface area contributed by atoms with Crippen LogP contribution in [0, 0.1) is 12.1 Å². The quantitative estimate of drug-likeness (QED) is 0.185. The van der Waals surface area contributed by atoms with Crippen LogP contribution in [0.1, 0.15) is 76.5 Å². The van der Waals surface area contributed by atoms with Crippen molar-refractivity contribution in [1.82, 2.24) is 9.97 Å². The van der Waals surface area contributed by atoms with E-state index in [4.69, 9.17) is 9.97 Å². The zero-order valence-corrected chi connectivity index (χ0v) is 23.8. The van der Waals surface area contributed by atoms with E-state index in [1.807, 2.05) is 0 Å². The van der Waals surface area contributed by atoms with Gasteiger partial charge in [0.25, 0.3) is 0 Å². The molecule has 0 amide bonds. The van der Waals surface area contributed by atoms with Crippen LogP contribution in [0.5, 0.6) is 0 Å². The Bertz CT molecular complexity index is 1390. The Hall–Kier alpha value is -2.57. The molecule has 4 aromatic rings. The summed E-state index contributed by atoms with van der Waals surface area (Å²) in [4.78, 5) is 10.3. The molecule has 0 unspecified atom stereocenters. The predicted molar refractivity (Wildman–Crippen MR) is 140 cm³/mol.